The number of amides is 1. The molecule has 2 aromatic carbocycles. The van der Waals surface area contributed by atoms with Crippen LogP contribution in [0.15, 0.2) is 47.6 Å². The van der Waals surface area contributed by atoms with Crippen LogP contribution in [-0.4, -0.2) is 26.4 Å². The number of hydrogen-bond acceptors (Lipinski definition) is 4. The number of nitrogens with zero attached hydrogens (tertiary/aromatic N) is 3. The third-order valence-corrected chi connectivity index (χ3v) is 5.71. The summed E-state index contributed by atoms with van der Waals surface area (Å²) >= 11 is 1.33. The lowest BCUT2D eigenvalue weighted by Gasteiger charge is -2.12. The lowest BCUT2D eigenvalue weighted by molar-refractivity contribution is -0.113. The van der Waals surface area contributed by atoms with Crippen molar-refractivity contribution in [3.05, 3.63) is 59.4 Å². The highest BCUT2D eigenvalue weighted by atomic mass is 32.2. The number of nitrogens with one attached hydrogen (secondary N) is 1. The molecule has 28 heavy (non-hydrogen) atoms. The summed E-state index contributed by atoms with van der Waals surface area (Å²) in [5.41, 5.74) is 3.35. The van der Waals surface area contributed by atoms with Crippen molar-refractivity contribution in [1.29, 1.82) is 0 Å². The van der Waals surface area contributed by atoms with Gasteiger partial charge >= 0.3 is 0 Å². The van der Waals surface area contributed by atoms with Crippen LogP contribution in [0.3, 0.4) is 0 Å². The molecule has 1 aliphatic rings. The Morgan fingerprint density at radius 1 is 1.14 bits per heavy atom. The summed E-state index contributed by atoms with van der Waals surface area (Å²) in [5.74, 6) is 0.329. The van der Waals surface area contributed by atoms with Crippen LogP contribution in [0.5, 0.6) is 0 Å². The van der Waals surface area contributed by atoms with E-state index >= 15 is 0 Å². The monoisotopic (exact) mass is 396 g/mol. The van der Waals surface area contributed by atoms with E-state index in [1.165, 1.54) is 17.8 Å². The van der Waals surface area contributed by atoms with Crippen LogP contribution < -0.4 is 5.32 Å². The predicted octanol–water partition coefficient (Wildman–Crippen LogP) is 4.77. The Morgan fingerprint density at radius 2 is 1.86 bits per heavy atom. The summed E-state index contributed by atoms with van der Waals surface area (Å²) < 4.78 is 16.2. The fraction of sp³-hybridized carbons (Fsp3) is 0.286. The van der Waals surface area contributed by atoms with E-state index in [2.05, 4.69) is 15.5 Å². The number of rotatable bonds is 6. The van der Waals surface area contributed by atoms with Crippen molar-refractivity contribution < 1.29 is 9.18 Å². The van der Waals surface area contributed by atoms with Gasteiger partial charge in [-0.3, -0.25) is 9.36 Å². The molecule has 0 aliphatic heterocycles. The number of anilines is 1. The van der Waals surface area contributed by atoms with Gasteiger partial charge in [0.2, 0.25) is 5.91 Å². The molecule has 7 heteroatoms. The highest BCUT2D eigenvalue weighted by Gasteiger charge is 2.31. The van der Waals surface area contributed by atoms with Crippen LogP contribution in [0.2, 0.25) is 0 Å². The number of carbonyl (C=O) groups is 1. The third-order valence-electron chi connectivity index (χ3n) is 4.77. The molecule has 0 saturated heterocycles. The number of carbonyl (C=O) groups excluding carboxylic acids is 1. The first-order valence-electron chi connectivity index (χ1n) is 9.23. The maximum absolute atomic E-state index is 14.2. The summed E-state index contributed by atoms with van der Waals surface area (Å²) in [5, 5.41) is 12.1. The molecule has 3 aromatic rings. The van der Waals surface area contributed by atoms with Gasteiger partial charge < -0.3 is 5.32 Å². The minimum atomic E-state index is -0.318. The van der Waals surface area contributed by atoms with Crippen molar-refractivity contribution in [2.24, 2.45) is 0 Å². The molecule has 5 nitrogen and oxygen atoms in total. The van der Waals surface area contributed by atoms with Gasteiger partial charge in [-0.1, -0.05) is 42.1 Å². The molecular weight excluding hydrogens is 375 g/mol. The van der Waals surface area contributed by atoms with Crippen molar-refractivity contribution in [3.8, 4) is 11.4 Å². The lowest BCUT2D eigenvalue weighted by atomic mass is 10.1. The van der Waals surface area contributed by atoms with E-state index in [4.69, 9.17) is 0 Å². The van der Waals surface area contributed by atoms with E-state index in [-0.39, 0.29) is 23.5 Å². The van der Waals surface area contributed by atoms with E-state index in [1.54, 1.807) is 18.2 Å². The van der Waals surface area contributed by atoms with Crippen LogP contribution in [0.4, 0.5) is 10.1 Å². The summed E-state index contributed by atoms with van der Waals surface area (Å²) in [4.78, 5) is 12.5. The minimum Gasteiger partial charge on any atom is -0.325 e. The Hall–Kier alpha value is -2.67. The standard InChI is InChI=1S/C21H21FN4OS/c1-13-6-5-7-14(2)19(13)23-18(27)12-28-21-25-24-20(26(21)15-10-11-15)16-8-3-4-9-17(16)22/h3-9,15H,10-12H2,1-2H3,(H,23,27). The zero-order valence-corrected chi connectivity index (χ0v) is 16.6. The summed E-state index contributed by atoms with van der Waals surface area (Å²) in [7, 11) is 0. The number of halogens is 1. The van der Waals surface area contributed by atoms with E-state index < -0.39 is 0 Å². The molecule has 0 unspecified atom stereocenters. The van der Waals surface area contributed by atoms with E-state index in [9.17, 15) is 9.18 Å². The molecule has 0 radical (unpaired) electrons. The van der Waals surface area contributed by atoms with Gasteiger partial charge in [0.1, 0.15) is 5.82 Å². The van der Waals surface area contributed by atoms with Crippen LogP contribution in [0.1, 0.15) is 30.0 Å². The summed E-state index contributed by atoms with van der Waals surface area (Å²) in [6.07, 6.45) is 2.03. The first-order valence-corrected chi connectivity index (χ1v) is 10.2. The fourth-order valence-corrected chi connectivity index (χ4v) is 3.99. The van der Waals surface area contributed by atoms with Gasteiger partial charge in [-0.25, -0.2) is 4.39 Å². The van der Waals surface area contributed by atoms with Crippen molar-refractivity contribution >= 4 is 23.4 Å². The molecule has 1 heterocycles. The Balaban J connectivity index is 1.51. The van der Waals surface area contributed by atoms with Crippen LogP contribution in [-0.2, 0) is 4.79 Å². The van der Waals surface area contributed by atoms with Crippen molar-refractivity contribution in [1.82, 2.24) is 14.8 Å². The molecule has 1 fully saturated rings. The minimum absolute atomic E-state index is 0.0970. The molecule has 1 aliphatic carbocycles. The summed E-state index contributed by atoms with van der Waals surface area (Å²) in [6, 6.07) is 12.8. The van der Waals surface area contributed by atoms with Crippen LogP contribution in [0.25, 0.3) is 11.4 Å². The van der Waals surface area contributed by atoms with Gasteiger partial charge in [0.15, 0.2) is 11.0 Å². The Bertz CT molecular complexity index is 1010. The highest BCUT2D eigenvalue weighted by molar-refractivity contribution is 7.99. The fourth-order valence-electron chi connectivity index (χ4n) is 3.18. The van der Waals surface area contributed by atoms with Gasteiger partial charge in [-0.05, 0) is 49.9 Å². The quantitative estimate of drug-likeness (QED) is 0.610. The molecule has 0 spiro atoms. The number of aromatic nitrogens is 3. The first kappa shape index (κ1) is 18.7. The zero-order chi connectivity index (χ0) is 19.7. The molecule has 4 rings (SSSR count). The van der Waals surface area contributed by atoms with Gasteiger partial charge in [0, 0.05) is 11.7 Å². The van der Waals surface area contributed by atoms with Crippen LogP contribution >= 0.6 is 11.8 Å². The van der Waals surface area contributed by atoms with Crippen molar-refractivity contribution in [3.63, 3.8) is 0 Å². The number of benzene rings is 2. The predicted molar refractivity (Wildman–Crippen MR) is 109 cm³/mol. The lowest BCUT2D eigenvalue weighted by Crippen LogP contribution is -2.16. The Labute approximate surface area is 167 Å². The van der Waals surface area contributed by atoms with Gasteiger partial charge in [0.05, 0.1) is 11.3 Å². The molecule has 1 N–H and O–H groups in total. The van der Waals surface area contributed by atoms with E-state index in [0.29, 0.717) is 16.5 Å². The molecular formula is C21H21FN4OS. The number of thioether (sulfide) groups is 1. The maximum atomic E-state index is 14.2. The molecule has 0 atom stereocenters. The van der Waals surface area contributed by atoms with Crippen molar-refractivity contribution in [2.45, 2.75) is 37.9 Å². The normalized spacial score (nSPS) is 13.5. The van der Waals surface area contributed by atoms with Gasteiger partial charge in [0.25, 0.3) is 0 Å². The number of para-hydroxylation sites is 1. The molecule has 144 valence electrons. The second kappa shape index (κ2) is 7.75. The molecule has 1 aromatic heterocycles. The largest absolute Gasteiger partial charge is 0.325 e. The second-order valence-electron chi connectivity index (χ2n) is 6.99. The maximum Gasteiger partial charge on any atom is 0.234 e. The number of aryl methyl sites for hydroxylation is 2. The van der Waals surface area contributed by atoms with Crippen LogP contribution in [0, 0.1) is 19.7 Å². The average Bonchev–Trinajstić information content (AvgIpc) is 3.43. The highest BCUT2D eigenvalue weighted by Crippen LogP contribution is 2.41. The Morgan fingerprint density at radius 3 is 2.54 bits per heavy atom. The summed E-state index contributed by atoms with van der Waals surface area (Å²) in [6.45, 7) is 3.94. The van der Waals surface area contributed by atoms with Gasteiger partial charge in [-0.2, -0.15) is 0 Å². The average molecular weight is 396 g/mol. The Kier molecular flexibility index (Phi) is 5.17. The van der Waals surface area contributed by atoms with Crippen molar-refractivity contribution in [2.75, 3.05) is 11.1 Å². The number of hydrogen-bond donors (Lipinski definition) is 1. The SMILES string of the molecule is Cc1cccc(C)c1NC(=O)CSc1nnc(-c2ccccc2F)n1C1CC1. The topological polar surface area (TPSA) is 59.8 Å². The van der Waals surface area contributed by atoms with Gasteiger partial charge in [-0.15, -0.1) is 10.2 Å². The van der Waals surface area contributed by atoms with E-state index in [1.807, 2.05) is 36.6 Å². The second-order valence-corrected chi connectivity index (χ2v) is 7.93. The van der Waals surface area contributed by atoms with E-state index in [0.717, 1.165) is 29.7 Å². The smallest absolute Gasteiger partial charge is 0.234 e. The molecule has 0 bridgehead atoms. The zero-order valence-electron chi connectivity index (χ0n) is 15.8. The molecule has 1 amide bonds. The molecule has 1 saturated carbocycles. The first-order chi connectivity index (χ1) is 13.5. The third kappa shape index (κ3) is 3.80.